The highest BCUT2D eigenvalue weighted by Gasteiger charge is 2.37. The molecule has 2 N–H and O–H groups in total. The zero-order valence-electron chi connectivity index (χ0n) is 9.08. The topological polar surface area (TPSA) is 38.9 Å². The number of aromatic nitrogens is 1. The van der Waals surface area contributed by atoms with Gasteiger partial charge in [0, 0.05) is 17.3 Å². The summed E-state index contributed by atoms with van der Waals surface area (Å²) in [6.07, 6.45) is 2.28. The molecular weight excluding hydrogens is 192 g/mol. The molecule has 0 amide bonds. The van der Waals surface area contributed by atoms with E-state index in [2.05, 4.69) is 25.8 Å². The van der Waals surface area contributed by atoms with E-state index in [1.165, 1.54) is 22.0 Å². The summed E-state index contributed by atoms with van der Waals surface area (Å²) in [7, 11) is 0. The Hall–Kier alpha value is -0.410. The van der Waals surface area contributed by atoms with Gasteiger partial charge in [0.1, 0.15) is 0 Å². The molecule has 0 saturated heterocycles. The maximum absolute atomic E-state index is 6.13. The summed E-state index contributed by atoms with van der Waals surface area (Å²) in [6, 6.07) is 0.329. The van der Waals surface area contributed by atoms with Crippen molar-refractivity contribution >= 4 is 11.3 Å². The van der Waals surface area contributed by atoms with Crippen LogP contribution < -0.4 is 5.73 Å². The van der Waals surface area contributed by atoms with E-state index in [-0.39, 0.29) is 0 Å². The molecular formula is C11H18N2S. The van der Waals surface area contributed by atoms with Crippen molar-refractivity contribution in [3.8, 4) is 0 Å². The minimum absolute atomic E-state index is 0.329. The maximum Gasteiger partial charge on any atom is 0.0946 e. The standard InChI is InChI=1S/C11H18N2S/c1-6-4-9(6)10(12)5-11-13-7(2)8(3)14-11/h6,9-10H,4-5,12H2,1-3H3. The first-order valence-electron chi connectivity index (χ1n) is 5.26. The second-order valence-electron chi connectivity index (χ2n) is 4.49. The Balaban J connectivity index is 1.97. The first-order valence-corrected chi connectivity index (χ1v) is 6.08. The van der Waals surface area contributed by atoms with Crippen molar-refractivity contribution in [1.29, 1.82) is 0 Å². The van der Waals surface area contributed by atoms with Crippen molar-refractivity contribution < 1.29 is 0 Å². The SMILES string of the molecule is Cc1nc(CC(N)C2CC2C)sc1C. The largest absolute Gasteiger partial charge is 0.327 e. The predicted molar refractivity (Wildman–Crippen MR) is 60.5 cm³/mol. The summed E-state index contributed by atoms with van der Waals surface area (Å²) in [6.45, 7) is 6.48. The lowest BCUT2D eigenvalue weighted by Gasteiger charge is -2.07. The number of rotatable bonds is 3. The molecule has 3 heteroatoms. The van der Waals surface area contributed by atoms with Gasteiger partial charge in [-0.2, -0.15) is 0 Å². The van der Waals surface area contributed by atoms with Crippen LogP contribution in [-0.4, -0.2) is 11.0 Å². The molecule has 1 fully saturated rings. The molecule has 14 heavy (non-hydrogen) atoms. The summed E-state index contributed by atoms with van der Waals surface area (Å²) in [4.78, 5) is 5.85. The van der Waals surface area contributed by atoms with Crippen molar-refractivity contribution in [1.82, 2.24) is 4.98 Å². The highest BCUT2D eigenvalue weighted by Crippen LogP contribution is 2.40. The van der Waals surface area contributed by atoms with Crippen LogP contribution in [0.3, 0.4) is 0 Å². The normalized spacial score (nSPS) is 27.7. The Morgan fingerprint density at radius 1 is 1.57 bits per heavy atom. The van der Waals surface area contributed by atoms with Gasteiger partial charge in [-0.3, -0.25) is 0 Å². The number of nitrogens with zero attached hydrogens (tertiary/aromatic N) is 1. The number of aryl methyl sites for hydroxylation is 2. The quantitative estimate of drug-likeness (QED) is 0.831. The third-order valence-electron chi connectivity index (χ3n) is 3.20. The lowest BCUT2D eigenvalue weighted by molar-refractivity contribution is 0.558. The summed E-state index contributed by atoms with van der Waals surface area (Å²) in [5.41, 5.74) is 7.30. The molecule has 1 heterocycles. The van der Waals surface area contributed by atoms with E-state index < -0.39 is 0 Å². The monoisotopic (exact) mass is 210 g/mol. The Morgan fingerprint density at radius 3 is 2.64 bits per heavy atom. The predicted octanol–water partition coefficient (Wildman–Crippen LogP) is 2.29. The number of thiazole rings is 1. The van der Waals surface area contributed by atoms with E-state index in [1.807, 2.05) is 0 Å². The van der Waals surface area contributed by atoms with Crippen LogP contribution in [0.25, 0.3) is 0 Å². The molecule has 1 aliphatic rings. The van der Waals surface area contributed by atoms with Crippen LogP contribution in [0.5, 0.6) is 0 Å². The molecule has 1 aliphatic carbocycles. The number of hydrogen-bond donors (Lipinski definition) is 1. The van der Waals surface area contributed by atoms with Crippen LogP contribution in [0.2, 0.25) is 0 Å². The van der Waals surface area contributed by atoms with Gasteiger partial charge >= 0.3 is 0 Å². The fourth-order valence-corrected chi connectivity index (χ4v) is 2.93. The Bertz CT molecular complexity index is 313. The van der Waals surface area contributed by atoms with E-state index in [4.69, 9.17) is 5.73 Å². The van der Waals surface area contributed by atoms with Gasteiger partial charge in [-0.05, 0) is 32.1 Å². The van der Waals surface area contributed by atoms with Crippen molar-refractivity contribution in [3.63, 3.8) is 0 Å². The van der Waals surface area contributed by atoms with E-state index in [0.29, 0.717) is 6.04 Å². The second kappa shape index (κ2) is 3.63. The zero-order valence-corrected chi connectivity index (χ0v) is 9.90. The van der Waals surface area contributed by atoms with Crippen LogP contribution in [0, 0.1) is 25.7 Å². The lowest BCUT2D eigenvalue weighted by atomic mass is 10.1. The lowest BCUT2D eigenvalue weighted by Crippen LogP contribution is -2.25. The Kier molecular flexibility index (Phi) is 2.62. The molecule has 78 valence electrons. The summed E-state index contributed by atoms with van der Waals surface area (Å²) in [5, 5.41) is 1.21. The molecule has 0 aliphatic heterocycles. The van der Waals surface area contributed by atoms with Gasteiger partial charge in [0.15, 0.2) is 0 Å². The average Bonchev–Trinajstić information content (AvgIpc) is 2.74. The molecule has 0 spiro atoms. The van der Waals surface area contributed by atoms with Crippen LogP contribution >= 0.6 is 11.3 Å². The summed E-state index contributed by atoms with van der Waals surface area (Å²) >= 11 is 1.80. The molecule has 3 atom stereocenters. The van der Waals surface area contributed by atoms with Gasteiger partial charge in [0.2, 0.25) is 0 Å². The van der Waals surface area contributed by atoms with Crippen molar-refractivity contribution in [3.05, 3.63) is 15.6 Å². The van der Waals surface area contributed by atoms with Gasteiger partial charge in [-0.1, -0.05) is 6.92 Å². The highest BCUT2D eigenvalue weighted by atomic mass is 32.1. The van der Waals surface area contributed by atoms with Gasteiger partial charge in [0.25, 0.3) is 0 Å². The molecule has 2 nitrogen and oxygen atoms in total. The molecule has 1 aromatic rings. The summed E-state index contributed by atoms with van der Waals surface area (Å²) < 4.78 is 0. The van der Waals surface area contributed by atoms with E-state index >= 15 is 0 Å². The minimum Gasteiger partial charge on any atom is -0.327 e. The van der Waals surface area contributed by atoms with Gasteiger partial charge in [-0.25, -0.2) is 4.98 Å². The molecule has 2 rings (SSSR count). The maximum atomic E-state index is 6.13. The first kappa shape index (κ1) is 10.1. The summed E-state index contributed by atoms with van der Waals surface area (Å²) in [5.74, 6) is 1.59. The molecule has 0 bridgehead atoms. The second-order valence-corrected chi connectivity index (χ2v) is 5.78. The van der Waals surface area contributed by atoms with E-state index in [1.54, 1.807) is 11.3 Å². The van der Waals surface area contributed by atoms with Crippen LogP contribution in [0.4, 0.5) is 0 Å². The smallest absolute Gasteiger partial charge is 0.0946 e. The fourth-order valence-electron chi connectivity index (χ4n) is 1.93. The Labute approximate surface area is 89.5 Å². The number of hydrogen-bond acceptors (Lipinski definition) is 3. The molecule has 3 unspecified atom stereocenters. The third-order valence-corrected chi connectivity index (χ3v) is 4.30. The van der Waals surface area contributed by atoms with E-state index in [9.17, 15) is 0 Å². The number of nitrogens with two attached hydrogens (primary N) is 1. The molecule has 0 aromatic carbocycles. The molecule has 1 aromatic heterocycles. The molecule has 0 radical (unpaired) electrons. The van der Waals surface area contributed by atoms with Gasteiger partial charge < -0.3 is 5.73 Å². The van der Waals surface area contributed by atoms with Gasteiger partial charge in [-0.15, -0.1) is 11.3 Å². The minimum atomic E-state index is 0.329. The molecule has 1 saturated carbocycles. The Morgan fingerprint density at radius 2 is 2.21 bits per heavy atom. The fraction of sp³-hybridized carbons (Fsp3) is 0.727. The van der Waals surface area contributed by atoms with Crippen LogP contribution in [-0.2, 0) is 6.42 Å². The van der Waals surface area contributed by atoms with Crippen molar-refractivity contribution in [2.45, 2.75) is 39.7 Å². The first-order chi connectivity index (χ1) is 6.58. The van der Waals surface area contributed by atoms with Crippen LogP contribution in [0.1, 0.15) is 28.9 Å². The zero-order chi connectivity index (χ0) is 10.3. The third kappa shape index (κ3) is 1.98. The van der Waals surface area contributed by atoms with E-state index in [0.717, 1.165) is 18.3 Å². The highest BCUT2D eigenvalue weighted by molar-refractivity contribution is 7.11. The average molecular weight is 210 g/mol. The van der Waals surface area contributed by atoms with Crippen LogP contribution in [0.15, 0.2) is 0 Å². The van der Waals surface area contributed by atoms with Crippen molar-refractivity contribution in [2.24, 2.45) is 17.6 Å². The van der Waals surface area contributed by atoms with Crippen molar-refractivity contribution in [2.75, 3.05) is 0 Å². The van der Waals surface area contributed by atoms with Gasteiger partial charge in [0.05, 0.1) is 10.7 Å².